The second kappa shape index (κ2) is 2.23. The summed E-state index contributed by atoms with van der Waals surface area (Å²) in [5.74, 6) is 1.88. The standard InChI is InChI=1S/C7H11NO/c1-5-3-7(4-8)6(2)9-5/h3H,4,8H2,1-2H3. The van der Waals surface area contributed by atoms with Crippen LogP contribution < -0.4 is 5.73 Å². The summed E-state index contributed by atoms with van der Waals surface area (Å²) in [6.45, 7) is 4.42. The Morgan fingerprint density at radius 1 is 1.56 bits per heavy atom. The minimum atomic E-state index is 0.573. The van der Waals surface area contributed by atoms with Crippen LogP contribution in [0.5, 0.6) is 0 Å². The second-order valence-electron chi connectivity index (χ2n) is 2.14. The maximum atomic E-state index is 5.40. The van der Waals surface area contributed by atoms with Crippen molar-refractivity contribution in [3.63, 3.8) is 0 Å². The van der Waals surface area contributed by atoms with Gasteiger partial charge in [-0.2, -0.15) is 0 Å². The third-order valence-corrected chi connectivity index (χ3v) is 1.36. The zero-order valence-electron chi connectivity index (χ0n) is 5.77. The highest BCUT2D eigenvalue weighted by molar-refractivity contribution is 5.19. The van der Waals surface area contributed by atoms with Crippen LogP contribution in [-0.4, -0.2) is 0 Å². The van der Waals surface area contributed by atoms with Crippen molar-refractivity contribution in [1.82, 2.24) is 0 Å². The normalized spacial score (nSPS) is 10.1. The fourth-order valence-electron chi connectivity index (χ4n) is 0.886. The van der Waals surface area contributed by atoms with Gasteiger partial charge in [-0.05, 0) is 19.9 Å². The fourth-order valence-corrected chi connectivity index (χ4v) is 0.886. The molecule has 0 aliphatic heterocycles. The van der Waals surface area contributed by atoms with Crippen molar-refractivity contribution in [2.75, 3.05) is 0 Å². The molecule has 2 heteroatoms. The van der Waals surface area contributed by atoms with E-state index in [0.29, 0.717) is 6.54 Å². The van der Waals surface area contributed by atoms with Crippen LogP contribution in [0.2, 0.25) is 0 Å². The third kappa shape index (κ3) is 1.13. The van der Waals surface area contributed by atoms with Crippen LogP contribution in [0.4, 0.5) is 0 Å². The summed E-state index contributed by atoms with van der Waals surface area (Å²) in [6, 6.07) is 1.97. The Kier molecular flexibility index (Phi) is 1.58. The predicted molar refractivity (Wildman–Crippen MR) is 36.1 cm³/mol. The maximum Gasteiger partial charge on any atom is 0.105 e. The van der Waals surface area contributed by atoms with Crippen molar-refractivity contribution in [1.29, 1.82) is 0 Å². The lowest BCUT2D eigenvalue weighted by Crippen LogP contribution is -1.95. The highest BCUT2D eigenvalue weighted by Crippen LogP contribution is 2.11. The Labute approximate surface area is 54.7 Å². The number of rotatable bonds is 1. The number of furan rings is 1. The molecular formula is C7H11NO. The van der Waals surface area contributed by atoms with Crippen molar-refractivity contribution in [3.05, 3.63) is 23.2 Å². The molecule has 9 heavy (non-hydrogen) atoms. The van der Waals surface area contributed by atoms with E-state index in [0.717, 1.165) is 17.1 Å². The minimum Gasteiger partial charge on any atom is -0.466 e. The van der Waals surface area contributed by atoms with E-state index in [2.05, 4.69) is 0 Å². The zero-order chi connectivity index (χ0) is 6.85. The fraction of sp³-hybridized carbons (Fsp3) is 0.429. The van der Waals surface area contributed by atoms with E-state index in [9.17, 15) is 0 Å². The molecule has 0 aromatic carbocycles. The lowest BCUT2D eigenvalue weighted by molar-refractivity contribution is 0.501. The van der Waals surface area contributed by atoms with Gasteiger partial charge in [-0.1, -0.05) is 0 Å². The molecule has 0 aliphatic rings. The quantitative estimate of drug-likeness (QED) is 0.615. The molecule has 2 nitrogen and oxygen atoms in total. The first kappa shape index (κ1) is 6.36. The molecule has 1 rings (SSSR count). The summed E-state index contributed by atoms with van der Waals surface area (Å²) in [6.07, 6.45) is 0. The van der Waals surface area contributed by atoms with Crippen molar-refractivity contribution < 1.29 is 4.42 Å². The average molecular weight is 125 g/mol. The van der Waals surface area contributed by atoms with Gasteiger partial charge in [0.2, 0.25) is 0 Å². The summed E-state index contributed by atoms with van der Waals surface area (Å²) in [7, 11) is 0. The summed E-state index contributed by atoms with van der Waals surface area (Å²) in [5, 5.41) is 0. The van der Waals surface area contributed by atoms with Crippen molar-refractivity contribution in [2.24, 2.45) is 5.73 Å². The van der Waals surface area contributed by atoms with E-state index in [1.165, 1.54) is 0 Å². The molecule has 0 bridgehead atoms. The van der Waals surface area contributed by atoms with Crippen LogP contribution in [0, 0.1) is 13.8 Å². The maximum absolute atomic E-state index is 5.40. The Morgan fingerprint density at radius 3 is 2.44 bits per heavy atom. The molecule has 0 saturated carbocycles. The van der Waals surface area contributed by atoms with Crippen LogP contribution >= 0.6 is 0 Å². The lowest BCUT2D eigenvalue weighted by atomic mass is 10.2. The van der Waals surface area contributed by atoms with Gasteiger partial charge < -0.3 is 10.2 Å². The minimum absolute atomic E-state index is 0.573. The summed E-state index contributed by atoms with van der Waals surface area (Å²) in [4.78, 5) is 0. The molecule has 0 saturated heterocycles. The first-order valence-corrected chi connectivity index (χ1v) is 3.00. The molecule has 0 unspecified atom stereocenters. The number of hydrogen-bond acceptors (Lipinski definition) is 2. The van der Waals surface area contributed by atoms with E-state index in [4.69, 9.17) is 10.2 Å². The monoisotopic (exact) mass is 125 g/mol. The number of nitrogens with two attached hydrogens (primary N) is 1. The topological polar surface area (TPSA) is 39.2 Å². The molecule has 50 valence electrons. The Bertz CT molecular complexity index is 203. The molecule has 0 atom stereocenters. The van der Waals surface area contributed by atoms with Crippen LogP contribution in [0.1, 0.15) is 17.1 Å². The highest BCUT2D eigenvalue weighted by Gasteiger charge is 1.99. The number of aryl methyl sites for hydroxylation is 2. The van der Waals surface area contributed by atoms with Gasteiger partial charge in [0.25, 0.3) is 0 Å². The third-order valence-electron chi connectivity index (χ3n) is 1.36. The lowest BCUT2D eigenvalue weighted by Gasteiger charge is -1.86. The smallest absolute Gasteiger partial charge is 0.105 e. The number of hydrogen-bond donors (Lipinski definition) is 1. The largest absolute Gasteiger partial charge is 0.466 e. The van der Waals surface area contributed by atoms with Gasteiger partial charge in [-0.3, -0.25) is 0 Å². The first-order valence-electron chi connectivity index (χ1n) is 3.00. The highest BCUT2D eigenvalue weighted by atomic mass is 16.3. The molecule has 1 aromatic heterocycles. The molecular weight excluding hydrogens is 114 g/mol. The molecule has 0 radical (unpaired) electrons. The van der Waals surface area contributed by atoms with Gasteiger partial charge in [0.15, 0.2) is 0 Å². The van der Waals surface area contributed by atoms with E-state index in [-0.39, 0.29) is 0 Å². The Hall–Kier alpha value is -0.760. The van der Waals surface area contributed by atoms with Gasteiger partial charge in [0.1, 0.15) is 11.5 Å². The SMILES string of the molecule is Cc1cc(CN)c(C)o1. The first-order chi connectivity index (χ1) is 4.24. The van der Waals surface area contributed by atoms with Crippen LogP contribution in [0.25, 0.3) is 0 Å². The van der Waals surface area contributed by atoms with Gasteiger partial charge >= 0.3 is 0 Å². The van der Waals surface area contributed by atoms with E-state index >= 15 is 0 Å². The van der Waals surface area contributed by atoms with Gasteiger partial charge in [0, 0.05) is 12.1 Å². The van der Waals surface area contributed by atoms with E-state index in [1.54, 1.807) is 0 Å². The average Bonchev–Trinajstić information content (AvgIpc) is 2.10. The Morgan fingerprint density at radius 2 is 2.22 bits per heavy atom. The van der Waals surface area contributed by atoms with Crippen LogP contribution in [0.3, 0.4) is 0 Å². The van der Waals surface area contributed by atoms with E-state index in [1.807, 2.05) is 19.9 Å². The molecule has 0 aliphatic carbocycles. The predicted octanol–water partition coefficient (Wildman–Crippen LogP) is 1.36. The summed E-state index contributed by atoms with van der Waals surface area (Å²) >= 11 is 0. The summed E-state index contributed by atoms with van der Waals surface area (Å²) < 4.78 is 5.23. The zero-order valence-corrected chi connectivity index (χ0v) is 5.77. The molecule has 1 aromatic rings. The summed E-state index contributed by atoms with van der Waals surface area (Å²) in [5.41, 5.74) is 6.51. The van der Waals surface area contributed by atoms with Gasteiger partial charge in [0.05, 0.1) is 0 Å². The molecule has 1 heterocycles. The van der Waals surface area contributed by atoms with E-state index < -0.39 is 0 Å². The molecule has 0 amide bonds. The van der Waals surface area contributed by atoms with Gasteiger partial charge in [-0.25, -0.2) is 0 Å². The molecule has 2 N–H and O–H groups in total. The second-order valence-corrected chi connectivity index (χ2v) is 2.14. The Balaban J connectivity index is 3.01. The molecule has 0 fully saturated rings. The van der Waals surface area contributed by atoms with Crippen molar-refractivity contribution in [2.45, 2.75) is 20.4 Å². The molecule has 0 spiro atoms. The van der Waals surface area contributed by atoms with Crippen molar-refractivity contribution in [3.8, 4) is 0 Å². The van der Waals surface area contributed by atoms with Crippen LogP contribution in [-0.2, 0) is 6.54 Å². The van der Waals surface area contributed by atoms with Crippen LogP contribution in [0.15, 0.2) is 10.5 Å². The van der Waals surface area contributed by atoms with Gasteiger partial charge in [-0.15, -0.1) is 0 Å². The van der Waals surface area contributed by atoms with Crippen molar-refractivity contribution >= 4 is 0 Å².